The number of nitrogens with one attached hydrogen (secondary N) is 1. The molecule has 6 nitrogen and oxygen atoms in total. The Morgan fingerprint density at radius 1 is 1.04 bits per heavy atom. The fourth-order valence-electron chi connectivity index (χ4n) is 2.96. The fourth-order valence-corrected chi connectivity index (χ4v) is 2.96. The van der Waals surface area contributed by atoms with Crippen molar-refractivity contribution in [3.05, 3.63) is 55.2 Å². The van der Waals surface area contributed by atoms with Crippen molar-refractivity contribution < 1.29 is 4.42 Å². The van der Waals surface area contributed by atoms with Crippen molar-refractivity contribution in [3.8, 4) is 22.5 Å². The van der Waals surface area contributed by atoms with Gasteiger partial charge in [-0.05, 0) is 24.3 Å². The summed E-state index contributed by atoms with van der Waals surface area (Å²) in [4.78, 5) is 11.8. The van der Waals surface area contributed by atoms with Crippen LogP contribution in [0.2, 0.25) is 0 Å². The second-order valence-electron chi connectivity index (χ2n) is 5.72. The summed E-state index contributed by atoms with van der Waals surface area (Å²) in [5.74, 6) is 0.783. The molecule has 0 saturated heterocycles. The Morgan fingerprint density at radius 3 is 2.88 bits per heavy atom. The summed E-state index contributed by atoms with van der Waals surface area (Å²) in [5, 5.41) is 4.24. The second-order valence-corrected chi connectivity index (χ2v) is 5.72. The summed E-state index contributed by atoms with van der Waals surface area (Å²) in [7, 11) is 1.90. The molecule has 0 fully saturated rings. The number of nitrogens with zero attached hydrogens (tertiary/aromatic N) is 4. The Labute approximate surface area is 136 Å². The van der Waals surface area contributed by atoms with Crippen LogP contribution >= 0.6 is 0 Å². The third-order valence-electron chi connectivity index (χ3n) is 4.13. The first-order valence-electron chi connectivity index (χ1n) is 7.59. The maximum Gasteiger partial charge on any atom is 0.161 e. The van der Waals surface area contributed by atoms with E-state index in [1.807, 2.05) is 49.8 Å². The topological polar surface area (TPSA) is 72.5 Å². The van der Waals surface area contributed by atoms with Gasteiger partial charge >= 0.3 is 0 Å². The lowest BCUT2D eigenvalue weighted by Crippen LogP contribution is -1.84. The molecule has 5 aromatic rings. The van der Waals surface area contributed by atoms with Gasteiger partial charge in [0.25, 0.3) is 0 Å². The van der Waals surface area contributed by atoms with E-state index >= 15 is 0 Å². The van der Waals surface area contributed by atoms with Crippen LogP contribution in [0.25, 0.3) is 44.6 Å². The minimum atomic E-state index is 0.769. The van der Waals surface area contributed by atoms with Gasteiger partial charge in [-0.1, -0.05) is 0 Å². The number of benzene rings is 1. The van der Waals surface area contributed by atoms with E-state index < -0.39 is 0 Å². The molecule has 0 aliphatic rings. The highest BCUT2D eigenvalue weighted by atomic mass is 16.3. The van der Waals surface area contributed by atoms with Crippen LogP contribution in [-0.4, -0.2) is 24.7 Å². The van der Waals surface area contributed by atoms with E-state index in [2.05, 4.69) is 20.1 Å². The zero-order chi connectivity index (χ0) is 16.1. The number of pyridine rings is 1. The predicted molar refractivity (Wildman–Crippen MR) is 91.3 cm³/mol. The average Bonchev–Trinajstić information content (AvgIpc) is 3.32. The summed E-state index contributed by atoms with van der Waals surface area (Å²) in [5.41, 5.74) is 6.50. The van der Waals surface area contributed by atoms with Crippen molar-refractivity contribution in [2.75, 3.05) is 0 Å². The van der Waals surface area contributed by atoms with Crippen LogP contribution in [0, 0.1) is 0 Å². The maximum atomic E-state index is 6.14. The maximum absolute atomic E-state index is 6.14. The van der Waals surface area contributed by atoms with Gasteiger partial charge in [0.15, 0.2) is 5.58 Å². The molecule has 4 aromatic heterocycles. The molecule has 0 radical (unpaired) electrons. The van der Waals surface area contributed by atoms with Gasteiger partial charge in [-0.25, -0.2) is 4.98 Å². The Balaban J connectivity index is 1.70. The number of aryl methyl sites for hydroxylation is 1. The van der Waals surface area contributed by atoms with Crippen molar-refractivity contribution in [2.45, 2.75) is 0 Å². The molecule has 1 N–H and O–H groups in total. The number of furan rings is 1. The quantitative estimate of drug-likeness (QED) is 0.538. The Bertz CT molecular complexity index is 1180. The van der Waals surface area contributed by atoms with Crippen molar-refractivity contribution >= 4 is 22.1 Å². The molecule has 0 bridgehead atoms. The SMILES string of the molecule is Cn1cc(-c2ccnc3cc(-c4ccc5nc[nH]c5c4)oc23)cn1. The molecule has 4 heterocycles. The number of aromatic nitrogens is 5. The monoisotopic (exact) mass is 315 g/mol. The second kappa shape index (κ2) is 4.79. The standard InChI is InChI=1S/C18H13N5O/c1-23-9-12(8-22-23)13-4-5-19-16-7-17(24-18(13)16)11-2-3-14-15(6-11)21-10-20-14/h2-10H,1H3,(H,20,21). The molecule has 0 atom stereocenters. The van der Waals surface area contributed by atoms with Crippen molar-refractivity contribution in [1.82, 2.24) is 24.7 Å². The van der Waals surface area contributed by atoms with E-state index in [1.54, 1.807) is 17.2 Å². The van der Waals surface area contributed by atoms with Gasteiger partial charge in [0.2, 0.25) is 0 Å². The van der Waals surface area contributed by atoms with Crippen molar-refractivity contribution in [1.29, 1.82) is 0 Å². The highest BCUT2D eigenvalue weighted by molar-refractivity contribution is 5.92. The van der Waals surface area contributed by atoms with Crippen LogP contribution < -0.4 is 0 Å². The van der Waals surface area contributed by atoms with Gasteiger partial charge < -0.3 is 9.40 Å². The predicted octanol–water partition coefficient (Wildman–Crippen LogP) is 3.77. The van der Waals surface area contributed by atoms with Crippen molar-refractivity contribution in [2.24, 2.45) is 7.05 Å². The van der Waals surface area contributed by atoms with Crippen LogP contribution in [0.4, 0.5) is 0 Å². The third-order valence-corrected chi connectivity index (χ3v) is 4.13. The van der Waals surface area contributed by atoms with Crippen LogP contribution in [0.3, 0.4) is 0 Å². The molecule has 5 rings (SSSR count). The molecule has 0 saturated carbocycles. The Hall–Kier alpha value is -3.41. The molecule has 116 valence electrons. The van der Waals surface area contributed by atoms with Gasteiger partial charge in [-0.15, -0.1) is 0 Å². The van der Waals surface area contributed by atoms with E-state index in [-0.39, 0.29) is 0 Å². The average molecular weight is 315 g/mol. The minimum Gasteiger partial charge on any atom is -0.454 e. The van der Waals surface area contributed by atoms with Gasteiger partial charge in [-0.3, -0.25) is 9.67 Å². The number of aromatic amines is 1. The number of rotatable bonds is 2. The van der Waals surface area contributed by atoms with E-state index in [0.29, 0.717) is 0 Å². The van der Waals surface area contributed by atoms with Crippen LogP contribution in [-0.2, 0) is 7.05 Å². The smallest absolute Gasteiger partial charge is 0.161 e. The fraction of sp³-hybridized carbons (Fsp3) is 0.0556. The highest BCUT2D eigenvalue weighted by Gasteiger charge is 2.13. The summed E-state index contributed by atoms with van der Waals surface area (Å²) in [6, 6.07) is 9.93. The summed E-state index contributed by atoms with van der Waals surface area (Å²) >= 11 is 0. The lowest BCUT2D eigenvalue weighted by Gasteiger charge is -1.98. The third kappa shape index (κ3) is 1.93. The highest BCUT2D eigenvalue weighted by Crippen LogP contribution is 2.33. The van der Waals surface area contributed by atoms with Gasteiger partial charge in [-0.2, -0.15) is 5.10 Å². The largest absolute Gasteiger partial charge is 0.454 e. The first kappa shape index (κ1) is 13.1. The lowest BCUT2D eigenvalue weighted by atomic mass is 10.1. The van der Waals surface area contributed by atoms with E-state index in [4.69, 9.17) is 4.42 Å². The van der Waals surface area contributed by atoms with Gasteiger partial charge in [0.05, 0.1) is 23.6 Å². The minimum absolute atomic E-state index is 0.769. The van der Waals surface area contributed by atoms with Crippen molar-refractivity contribution in [3.63, 3.8) is 0 Å². The van der Waals surface area contributed by atoms with E-state index in [1.165, 1.54) is 0 Å². The lowest BCUT2D eigenvalue weighted by molar-refractivity contribution is 0.632. The number of imidazole rings is 1. The number of fused-ring (bicyclic) bond motifs is 2. The Morgan fingerprint density at radius 2 is 2.00 bits per heavy atom. The molecular formula is C18H13N5O. The molecule has 0 aliphatic carbocycles. The molecule has 0 aliphatic heterocycles. The number of hydrogen-bond acceptors (Lipinski definition) is 4. The molecule has 0 amide bonds. The molecule has 1 aromatic carbocycles. The Kier molecular flexibility index (Phi) is 2.61. The number of H-pyrrole nitrogens is 1. The zero-order valence-corrected chi connectivity index (χ0v) is 12.9. The van der Waals surface area contributed by atoms with Gasteiger partial charge in [0.1, 0.15) is 11.3 Å². The molecule has 0 spiro atoms. The summed E-state index contributed by atoms with van der Waals surface area (Å²) in [6.07, 6.45) is 7.28. The van der Waals surface area contributed by atoms with E-state index in [0.717, 1.165) is 44.6 Å². The first-order valence-corrected chi connectivity index (χ1v) is 7.59. The normalized spacial score (nSPS) is 11.5. The van der Waals surface area contributed by atoms with E-state index in [9.17, 15) is 0 Å². The zero-order valence-electron chi connectivity index (χ0n) is 12.9. The van der Waals surface area contributed by atoms with Crippen LogP contribution in [0.5, 0.6) is 0 Å². The van der Waals surface area contributed by atoms with Crippen LogP contribution in [0.1, 0.15) is 0 Å². The molecule has 0 unspecified atom stereocenters. The summed E-state index contributed by atoms with van der Waals surface area (Å²) in [6.45, 7) is 0. The molecule has 24 heavy (non-hydrogen) atoms. The number of hydrogen-bond donors (Lipinski definition) is 1. The van der Waals surface area contributed by atoms with Crippen LogP contribution in [0.15, 0.2) is 59.7 Å². The van der Waals surface area contributed by atoms with Gasteiger partial charge in [0, 0.05) is 42.2 Å². The molecular weight excluding hydrogens is 302 g/mol. The first-order chi connectivity index (χ1) is 11.8. The summed E-state index contributed by atoms with van der Waals surface area (Å²) < 4.78 is 7.92. The molecule has 6 heteroatoms.